The van der Waals surface area contributed by atoms with E-state index in [9.17, 15) is 19.5 Å². The van der Waals surface area contributed by atoms with E-state index in [2.05, 4.69) is 22.8 Å². The van der Waals surface area contributed by atoms with Gasteiger partial charge in [0.25, 0.3) is 0 Å². The van der Waals surface area contributed by atoms with Crippen molar-refractivity contribution in [2.24, 2.45) is 0 Å². The largest absolute Gasteiger partial charge is 0.480 e. The number of alkyl carbamates (subject to hydrolysis) is 1. The molecule has 1 unspecified atom stereocenters. The molecule has 0 saturated carbocycles. The number of rotatable bonds is 8. The van der Waals surface area contributed by atoms with E-state index in [1.54, 1.807) is 0 Å². The fourth-order valence-corrected chi connectivity index (χ4v) is 3.83. The third kappa shape index (κ3) is 4.87. The molecular formula is C24H28N2O5. The molecule has 3 N–H and O–H groups in total. The van der Waals surface area contributed by atoms with Gasteiger partial charge in [-0.15, -0.1) is 0 Å². The van der Waals surface area contributed by atoms with Gasteiger partial charge in [0, 0.05) is 5.92 Å². The smallest absolute Gasteiger partial charge is 0.408 e. The molecule has 2 amide bonds. The second-order valence-electron chi connectivity index (χ2n) is 8.23. The van der Waals surface area contributed by atoms with E-state index in [0.29, 0.717) is 12.8 Å². The van der Waals surface area contributed by atoms with Crippen LogP contribution in [0.25, 0.3) is 11.1 Å². The van der Waals surface area contributed by atoms with Crippen molar-refractivity contribution in [1.29, 1.82) is 0 Å². The van der Waals surface area contributed by atoms with E-state index >= 15 is 0 Å². The van der Waals surface area contributed by atoms with Crippen LogP contribution in [-0.4, -0.2) is 41.3 Å². The van der Waals surface area contributed by atoms with Gasteiger partial charge in [-0.3, -0.25) is 4.79 Å². The van der Waals surface area contributed by atoms with Crippen molar-refractivity contribution in [2.75, 3.05) is 6.61 Å². The van der Waals surface area contributed by atoms with Crippen molar-refractivity contribution in [3.05, 3.63) is 59.7 Å². The Morgan fingerprint density at radius 1 is 1.03 bits per heavy atom. The molecule has 0 radical (unpaired) electrons. The van der Waals surface area contributed by atoms with E-state index < -0.39 is 29.6 Å². The zero-order valence-corrected chi connectivity index (χ0v) is 18.0. The first-order valence-corrected chi connectivity index (χ1v) is 10.4. The molecule has 1 aliphatic carbocycles. The fourth-order valence-electron chi connectivity index (χ4n) is 3.83. The van der Waals surface area contributed by atoms with Crippen LogP contribution in [0, 0.1) is 0 Å². The highest BCUT2D eigenvalue weighted by Crippen LogP contribution is 2.44. The number of hydrogen-bond donors (Lipinski definition) is 3. The standard InChI is InChI=1S/C24H28N2O5/c1-4-9-20(21(27)28)25-22(29)24(2,3)26-23(30)31-14-19-17-12-7-5-10-15(17)16-11-6-8-13-18(16)19/h5-8,10-13,19-20H,4,9,14H2,1-3H3,(H,25,29)(H,26,30)(H,27,28). The van der Waals surface area contributed by atoms with Crippen LogP contribution in [0.1, 0.15) is 50.7 Å². The lowest BCUT2D eigenvalue weighted by Crippen LogP contribution is -2.57. The number of amides is 2. The monoisotopic (exact) mass is 424 g/mol. The van der Waals surface area contributed by atoms with Crippen LogP contribution < -0.4 is 10.6 Å². The average molecular weight is 424 g/mol. The number of benzene rings is 2. The molecule has 31 heavy (non-hydrogen) atoms. The summed E-state index contributed by atoms with van der Waals surface area (Å²) in [4.78, 5) is 36.3. The lowest BCUT2D eigenvalue weighted by Gasteiger charge is -2.27. The summed E-state index contributed by atoms with van der Waals surface area (Å²) >= 11 is 0. The van der Waals surface area contributed by atoms with E-state index in [-0.39, 0.29) is 12.5 Å². The first-order valence-electron chi connectivity index (χ1n) is 10.4. The Hall–Kier alpha value is -3.35. The number of carbonyl (C=O) groups excluding carboxylic acids is 2. The fraction of sp³-hybridized carbons (Fsp3) is 0.375. The van der Waals surface area contributed by atoms with Gasteiger partial charge in [-0.25, -0.2) is 9.59 Å². The molecule has 164 valence electrons. The summed E-state index contributed by atoms with van der Waals surface area (Å²) in [6.45, 7) is 4.98. The van der Waals surface area contributed by atoms with Crippen LogP contribution in [-0.2, 0) is 14.3 Å². The molecule has 0 aliphatic heterocycles. The van der Waals surface area contributed by atoms with Gasteiger partial charge < -0.3 is 20.5 Å². The van der Waals surface area contributed by atoms with Gasteiger partial charge in [0.05, 0.1) is 0 Å². The number of carboxylic acid groups (broad SMARTS) is 1. The molecule has 1 atom stereocenters. The van der Waals surface area contributed by atoms with Crippen LogP contribution in [0.2, 0.25) is 0 Å². The van der Waals surface area contributed by atoms with Crippen LogP contribution in [0.5, 0.6) is 0 Å². The van der Waals surface area contributed by atoms with Gasteiger partial charge in [-0.1, -0.05) is 61.9 Å². The van der Waals surface area contributed by atoms with Crippen molar-refractivity contribution < 1.29 is 24.2 Å². The molecule has 3 rings (SSSR count). The molecule has 0 heterocycles. The van der Waals surface area contributed by atoms with Crippen LogP contribution in [0.4, 0.5) is 4.79 Å². The molecule has 0 saturated heterocycles. The molecule has 7 heteroatoms. The summed E-state index contributed by atoms with van der Waals surface area (Å²) in [5, 5.41) is 14.3. The first kappa shape index (κ1) is 22.3. The maximum Gasteiger partial charge on any atom is 0.408 e. The van der Waals surface area contributed by atoms with E-state index in [1.165, 1.54) is 13.8 Å². The minimum absolute atomic E-state index is 0.0870. The number of hydrogen-bond acceptors (Lipinski definition) is 4. The van der Waals surface area contributed by atoms with Gasteiger partial charge in [0.1, 0.15) is 18.2 Å². The Kier molecular flexibility index (Phi) is 6.63. The Labute approximate surface area is 181 Å². The first-order chi connectivity index (χ1) is 14.7. The Morgan fingerprint density at radius 2 is 1.58 bits per heavy atom. The zero-order valence-electron chi connectivity index (χ0n) is 18.0. The van der Waals surface area contributed by atoms with Crippen molar-refractivity contribution in [3.8, 4) is 11.1 Å². The average Bonchev–Trinajstić information content (AvgIpc) is 3.05. The molecule has 0 bridgehead atoms. The summed E-state index contributed by atoms with van der Waals surface area (Å²) in [7, 11) is 0. The molecular weight excluding hydrogens is 396 g/mol. The Morgan fingerprint density at radius 3 is 2.10 bits per heavy atom. The molecule has 1 aliphatic rings. The second-order valence-corrected chi connectivity index (χ2v) is 8.23. The molecule has 0 fully saturated rings. The second kappa shape index (κ2) is 9.20. The van der Waals surface area contributed by atoms with Gasteiger partial charge in [0.2, 0.25) is 5.91 Å². The van der Waals surface area contributed by atoms with Gasteiger partial charge in [-0.2, -0.15) is 0 Å². The predicted molar refractivity (Wildman–Crippen MR) is 117 cm³/mol. The summed E-state index contributed by atoms with van der Waals surface area (Å²) in [6.07, 6.45) is 0.184. The molecule has 7 nitrogen and oxygen atoms in total. The van der Waals surface area contributed by atoms with Crippen molar-refractivity contribution >= 4 is 18.0 Å². The number of aliphatic carboxylic acids is 1. The van der Waals surface area contributed by atoms with Gasteiger partial charge >= 0.3 is 12.1 Å². The van der Waals surface area contributed by atoms with E-state index in [0.717, 1.165) is 22.3 Å². The third-order valence-corrected chi connectivity index (χ3v) is 5.51. The van der Waals surface area contributed by atoms with E-state index in [4.69, 9.17) is 4.74 Å². The number of carbonyl (C=O) groups is 3. The predicted octanol–water partition coefficient (Wildman–Crippen LogP) is 3.67. The zero-order chi connectivity index (χ0) is 22.6. The summed E-state index contributed by atoms with van der Waals surface area (Å²) in [6, 6.07) is 15.0. The lowest BCUT2D eigenvalue weighted by molar-refractivity contribution is -0.142. The highest BCUT2D eigenvalue weighted by atomic mass is 16.5. The summed E-state index contributed by atoms with van der Waals surface area (Å²) < 4.78 is 5.48. The summed E-state index contributed by atoms with van der Waals surface area (Å²) in [5.74, 6) is -1.77. The number of ether oxygens (including phenoxy) is 1. The van der Waals surface area contributed by atoms with Crippen molar-refractivity contribution in [3.63, 3.8) is 0 Å². The Balaban J connectivity index is 1.63. The third-order valence-electron chi connectivity index (χ3n) is 5.51. The molecule has 2 aromatic rings. The van der Waals surface area contributed by atoms with E-state index in [1.807, 2.05) is 43.3 Å². The van der Waals surface area contributed by atoms with Crippen molar-refractivity contribution in [2.45, 2.75) is 51.1 Å². The Bertz CT molecular complexity index is 940. The maximum atomic E-state index is 12.5. The van der Waals surface area contributed by atoms with Gasteiger partial charge in [0.15, 0.2) is 0 Å². The highest BCUT2D eigenvalue weighted by molar-refractivity contribution is 5.92. The topological polar surface area (TPSA) is 105 Å². The number of carboxylic acids is 1. The quantitative estimate of drug-likeness (QED) is 0.600. The van der Waals surface area contributed by atoms with Crippen LogP contribution in [0.15, 0.2) is 48.5 Å². The SMILES string of the molecule is CCCC(NC(=O)C(C)(C)NC(=O)OCC1c2ccccc2-c2ccccc21)C(=O)O. The number of nitrogens with one attached hydrogen (secondary N) is 2. The van der Waals surface area contributed by atoms with Crippen LogP contribution >= 0.6 is 0 Å². The summed E-state index contributed by atoms with van der Waals surface area (Å²) in [5.41, 5.74) is 3.11. The van der Waals surface area contributed by atoms with Gasteiger partial charge in [-0.05, 0) is 42.5 Å². The molecule has 0 spiro atoms. The minimum Gasteiger partial charge on any atom is -0.480 e. The normalized spacial score (nSPS) is 13.6. The number of fused-ring (bicyclic) bond motifs is 3. The highest BCUT2D eigenvalue weighted by Gasteiger charge is 2.34. The van der Waals surface area contributed by atoms with Crippen LogP contribution in [0.3, 0.4) is 0 Å². The van der Waals surface area contributed by atoms with Crippen molar-refractivity contribution in [1.82, 2.24) is 10.6 Å². The molecule has 0 aromatic heterocycles. The molecule has 2 aromatic carbocycles. The lowest BCUT2D eigenvalue weighted by atomic mass is 9.98. The minimum atomic E-state index is -1.33. The maximum absolute atomic E-state index is 12.5.